The average Bonchev–Trinajstić information content (AvgIpc) is 3.22. The first-order valence-corrected chi connectivity index (χ1v) is 8.52. The van der Waals surface area contributed by atoms with Crippen LogP contribution in [-0.4, -0.2) is 48.0 Å². The highest BCUT2D eigenvalue weighted by Crippen LogP contribution is 2.45. The summed E-state index contributed by atoms with van der Waals surface area (Å²) in [5, 5.41) is 0. The van der Waals surface area contributed by atoms with Gasteiger partial charge in [0.1, 0.15) is 0 Å². The van der Waals surface area contributed by atoms with E-state index in [1.807, 2.05) is 12.2 Å². The first kappa shape index (κ1) is 16.9. The average molecular weight is 333 g/mol. The maximum atomic E-state index is 12.4. The molecule has 3 aliphatic heterocycles. The van der Waals surface area contributed by atoms with Crippen molar-refractivity contribution in [3.63, 3.8) is 0 Å². The van der Waals surface area contributed by atoms with Crippen LogP contribution in [0.4, 0.5) is 0 Å². The molecule has 3 aliphatic rings. The van der Waals surface area contributed by atoms with Gasteiger partial charge in [0.15, 0.2) is 0 Å². The van der Waals surface area contributed by atoms with Gasteiger partial charge >= 0.3 is 5.97 Å². The fourth-order valence-corrected chi connectivity index (χ4v) is 3.60. The molecule has 0 aromatic heterocycles. The van der Waals surface area contributed by atoms with Crippen molar-refractivity contribution in [2.75, 3.05) is 13.2 Å². The minimum atomic E-state index is -0.361. The van der Waals surface area contributed by atoms with Gasteiger partial charge in [-0.1, -0.05) is 25.2 Å². The van der Waals surface area contributed by atoms with Crippen molar-refractivity contribution in [2.24, 2.45) is 11.8 Å². The van der Waals surface area contributed by atoms with E-state index < -0.39 is 0 Å². The molecule has 0 saturated carbocycles. The second kappa shape index (κ2) is 6.89. The maximum Gasteiger partial charge on any atom is 0.333 e. The molecule has 3 rings (SSSR count). The van der Waals surface area contributed by atoms with E-state index in [1.165, 1.54) is 4.90 Å². The Morgan fingerprint density at radius 1 is 1.12 bits per heavy atom. The zero-order chi connectivity index (χ0) is 17.3. The molecule has 0 spiro atoms. The first-order chi connectivity index (χ1) is 11.5. The number of imide groups is 1. The zero-order valence-corrected chi connectivity index (χ0v) is 13.9. The fourth-order valence-electron chi connectivity index (χ4n) is 3.60. The number of hydrogen-bond acceptors (Lipinski definition) is 5. The van der Waals surface area contributed by atoms with Gasteiger partial charge in [-0.15, -0.1) is 0 Å². The molecule has 4 unspecified atom stereocenters. The highest BCUT2D eigenvalue weighted by Gasteiger charge is 2.60. The maximum absolute atomic E-state index is 12.4. The third kappa shape index (κ3) is 3.02. The molecule has 2 bridgehead atoms. The molecule has 4 atom stereocenters. The van der Waals surface area contributed by atoms with Crippen LogP contribution in [-0.2, 0) is 23.9 Å². The van der Waals surface area contributed by atoms with Crippen molar-refractivity contribution in [3.05, 3.63) is 24.3 Å². The number of hydrogen-bond donors (Lipinski definition) is 0. The minimum absolute atomic E-state index is 0.0859. The molecule has 6 nitrogen and oxygen atoms in total. The van der Waals surface area contributed by atoms with E-state index in [0.29, 0.717) is 18.7 Å². The Morgan fingerprint density at radius 3 is 2.29 bits per heavy atom. The third-order valence-electron chi connectivity index (χ3n) is 4.86. The van der Waals surface area contributed by atoms with E-state index in [-0.39, 0.29) is 41.8 Å². The molecule has 130 valence electrons. The van der Waals surface area contributed by atoms with Crippen LogP contribution in [0.15, 0.2) is 24.3 Å². The van der Waals surface area contributed by atoms with E-state index in [0.717, 1.165) is 25.7 Å². The summed E-state index contributed by atoms with van der Waals surface area (Å²) in [6.07, 6.45) is 6.68. The number of unbranched alkanes of at least 4 members (excludes halogenated alkanes) is 3. The fraction of sp³-hybridized carbons (Fsp3) is 0.611. The molecule has 0 N–H and O–H groups in total. The van der Waals surface area contributed by atoms with Gasteiger partial charge in [0.2, 0.25) is 11.8 Å². The van der Waals surface area contributed by atoms with Crippen molar-refractivity contribution >= 4 is 17.8 Å². The molecule has 0 aromatic rings. The molecule has 0 radical (unpaired) electrons. The summed E-state index contributed by atoms with van der Waals surface area (Å²) < 4.78 is 10.6. The van der Waals surface area contributed by atoms with Gasteiger partial charge in [-0.05, 0) is 26.2 Å². The van der Waals surface area contributed by atoms with Crippen LogP contribution in [0.1, 0.15) is 32.6 Å². The van der Waals surface area contributed by atoms with Crippen LogP contribution in [0.2, 0.25) is 0 Å². The van der Waals surface area contributed by atoms with Crippen LogP contribution in [0.5, 0.6) is 0 Å². The van der Waals surface area contributed by atoms with E-state index in [9.17, 15) is 14.4 Å². The monoisotopic (exact) mass is 333 g/mol. The van der Waals surface area contributed by atoms with Crippen LogP contribution < -0.4 is 0 Å². The van der Waals surface area contributed by atoms with Crippen molar-refractivity contribution in [2.45, 2.75) is 44.8 Å². The van der Waals surface area contributed by atoms with Gasteiger partial charge in [0.05, 0.1) is 30.7 Å². The summed E-state index contributed by atoms with van der Waals surface area (Å²) in [5.41, 5.74) is 0.402. The third-order valence-corrected chi connectivity index (χ3v) is 4.86. The Balaban J connectivity index is 1.35. The Labute approximate surface area is 141 Å². The molecule has 0 aliphatic carbocycles. The Bertz CT molecular complexity index is 566. The van der Waals surface area contributed by atoms with Gasteiger partial charge in [-0.2, -0.15) is 0 Å². The van der Waals surface area contributed by atoms with E-state index >= 15 is 0 Å². The number of carbonyl (C=O) groups excluding carboxylic acids is 3. The number of amides is 2. The van der Waals surface area contributed by atoms with Gasteiger partial charge in [0.25, 0.3) is 0 Å². The van der Waals surface area contributed by atoms with Gasteiger partial charge < -0.3 is 9.47 Å². The van der Waals surface area contributed by atoms with E-state index in [1.54, 1.807) is 6.92 Å². The normalized spacial score (nSPS) is 30.1. The minimum Gasteiger partial charge on any atom is -0.462 e. The van der Waals surface area contributed by atoms with Gasteiger partial charge in [-0.25, -0.2) is 4.79 Å². The van der Waals surface area contributed by atoms with E-state index in [4.69, 9.17) is 9.47 Å². The summed E-state index contributed by atoms with van der Waals surface area (Å²) in [5.74, 6) is -1.15. The van der Waals surface area contributed by atoms with E-state index in [2.05, 4.69) is 6.58 Å². The quantitative estimate of drug-likeness (QED) is 0.222. The SMILES string of the molecule is C=C(C)C(=O)OCCCCCCN1C(=O)C2C3C=CC(O3)C2C1=O. The summed E-state index contributed by atoms with van der Waals surface area (Å²) in [7, 11) is 0. The van der Waals surface area contributed by atoms with Crippen LogP contribution >= 0.6 is 0 Å². The Kier molecular flexibility index (Phi) is 4.85. The number of carbonyl (C=O) groups is 3. The predicted octanol–water partition coefficient (Wildman–Crippen LogP) is 1.60. The molecular weight excluding hydrogens is 310 g/mol. The van der Waals surface area contributed by atoms with Crippen molar-refractivity contribution in [3.8, 4) is 0 Å². The second-order valence-corrected chi connectivity index (χ2v) is 6.66. The zero-order valence-electron chi connectivity index (χ0n) is 13.9. The molecule has 3 heterocycles. The number of rotatable bonds is 8. The summed E-state index contributed by atoms with van der Waals surface area (Å²) in [6, 6.07) is 0. The molecule has 2 amide bonds. The van der Waals surface area contributed by atoms with Crippen LogP contribution in [0.25, 0.3) is 0 Å². The molecule has 2 saturated heterocycles. The topological polar surface area (TPSA) is 72.9 Å². The molecule has 2 fully saturated rings. The first-order valence-electron chi connectivity index (χ1n) is 8.52. The van der Waals surface area contributed by atoms with Crippen molar-refractivity contribution in [1.82, 2.24) is 4.90 Å². The summed E-state index contributed by atoms with van der Waals surface area (Å²) in [4.78, 5) is 37.5. The van der Waals surface area contributed by atoms with Crippen LogP contribution in [0.3, 0.4) is 0 Å². The number of ether oxygens (including phenoxy) is 2. The van der Waals surface area contributed by atoms with Crippen LogP contribution in [0, 0.1) is 11.8 Å². The Hall–Kier alpha value is -1.95. The smallest absolute Gasteiger partial charge is 0.333 e. The molecule has 0 aromatic carbocycles. The van der Waals surface area contributed by atoms with Gasteiger partial charge in [0, 0.05) is 12.1 Å². The lowest BCUT2D eigenvalue weighted by molar-refractivity contribution is -0.142. The highest BCUT2D eigenvalue weighted by atomic mass is 16.5. The molecular formula is C18H23NO5. The predicted molar refractivity (Wildman–Crippen MR) is 85.7 cm³/mol. The lowest BCUT2D eigenvalue weighted by Gasteiger charge is -2.17. The molecule has 6 heteroatoms. The van der Waals surface area contributed by atoms with Crippen molar-refractivity contribution < 1.29 is 23.9 Å². The lowest BCUT2D eigenvalue weighted by atomic mass is 9.85. The summed E-state index contributed by atoms with van der Waals surface area (Å²) >= 11 is 0. The summed E-state index contributed by atoms with van der Waals surface area (Å²) in [6.45, 7) is 5.99. The Morgan fingerprint density at radius 2 is 1.71 bits per heavy atom. The largest absolute Gasteiger partial charge is 0.462 e. The standard InChI is InChI=1S/C18H23NO5/c1-11(2)18(22)23-10-6-4-3-5-9-19-16(20)14-12-7-8-13(24-12)15(14)17(19)21/h7-8,12-15H,1,3-6,9-10H2,2H3. The number of likely N-dealkylation sites (tertiary alicyclic amines) is 1. The lowest BCUT2D eigenvalue weighted by Crippen LogP contribution is -2.35. The number of esters is 1. The second-order valence-electron chi connectivity index (χ2n) is 6.66. The molecule has 24 heavy (non-hydrogen) atoms. The number of fused-ring (bicyclic) bond motifs is 5. The number of nitrogens with zero attached hydrogens (tertiary/aromatic N) is 1. The van der Waals surface area contributed by atoms with Gasteiger partial charge in [-0.3, -0.25) is 14.5 Å². The highest BCUT2D eigenvalue weighted by molar-refractivity contribution is 6.06. The van der Waals surface area contributed by atoms with Crippen molar-refractivity contribution in [1.29, 1.82) is 0 Å².